The lowest BCUT2D eigenvalue weighted by atomic mass is 10.1. The van der Waals surface area contributed by atoms with Gasteiger partial charge < -0.3 is 9.32 Å². The molecule has 5 heteroatoms. The second-order valence-electron chi connectivity index (χ2n) is 4.48. The van der Waals surface area contributed by atoms with Gasteiger partial charge in [0, 0.05) is 19.0 Å². The molecular formula is C12H16N2O3. The lowest BCUT2D eigenvalue weighted by Crippen LogP contribution is -2.56. The number of carbonyl (C=O) groups excluding carboxylic acids is 2. The summed E-state index contributed by atoms with van der Waals surface area (Å²) in [5.41, 5.74) is 0. The van der Waals surface area contributed by atoms with Crippen molar-refractivity contribution in [3.8, 4) is 0 Å². The summed E-state index contributed by atoms with van der Waals surface area (Å²) in [6.45, 7) is 4.23. The summed E-state index contributed by atoms with van der Waals surface area (Å²) in [6, 6.07) is 3.40. The first-order chi connectivity index (χ1) is 8.08. The van der Waals surface area contributed by atoms with Gasteiger partial charge in [0.1, 0.15) is 5.76 Å². The lowest BCUT2D eigenvalue weighted by molar-refractivity contribution is -0.125. The molecule has 1 fully saturated rings. The normalized spacial score (nSPS) is 22.5. The highest BCUT2D eigenvalue weighted by molar-refractivity contribution is 5.97. The predicted octanol–water partition coefficient (Wildman–Crippen LogP) is 1.40. The number of nitrogens with zero attached hydrogens (tertiary/aromatic N) is 1. The standard InChI is InChI=1S/C12H16N2O3/c1-8-7-14(12(16)13-11(8)15)9(2)6-10-4-3-5-17-10/h3-5,8-9H,6-7H2,1-2H3,(H,13,15,16). The second kappa shape index (κ2) is 4.61. The quantitative estimate of drug-likeness (QED) is 0.862. The van der Waals surface area contributed by atoms with Crippen molar-refractivity contribution >= 4 is 11.9 Å². The summed E-state index contributed by atoms with van der Waals surface area (Å²) in [5.74, 6) is 0.484. The molecule has 92 valence electrons. The number of hydrogen-bond acceptors (Lipinski definition) is 3. The fourth-order valence-electron chi connectivity index (χ4n) is 1.97. The minimum atomic E-state index is -0.313. The van der Waals surface area contributed by atoms with E-state index in [2.05, 4.69) is 5.32 Å². The van der Waals surface area contributed by atoms with E-state index < -0.39 is 0 Å². The van der Waals surface area contributed by atoms with Crippen molar-refractivity contribution in [2.45, 2.75) is 26.3 Å². The van der Waals surface area contributed by atoms with Crippen LogP contribution in [-0.4, -0.2) is 29.4 Å². The van der Waals surface area contributed by atoms with Gasteiger partial charge in [-0.25, -0.2) is 4.79 Å². The number of urea groups is 1. The Hall–Kier alpha value is -1.78. The van der Waals surface area contributed by atoms with Crippen molar-refractivity contribution in [2.75, 3.05) is 6.54 Å². The SMILES string of the molecule is CC1CN(C(C)Cc2ccco2)C(=O)NC1=O. The first-order valence-electron chi connectivity index (χ1n) is 5.71. The van der Waals surface area contributed by atoms with Gasteiger partial charge >= 0.3 is 6.03 Å². The lowest BCUT2D eigenvalue weighted by Gasteiger charge is -2.34. The fourth-order valence-corrected chi connectivity index (χ4v) is 1.97. The molecule has 2 heterocycles. The molecule has 0 spiro atoms. The van der Waals surface area contributed by atoms with Crippen LogP contribution in [0.1, 0.15) is 19.6 Å². The largest absolute Gasteiger partial charge is 0.469 e. The summed E-state index contributed by atoms with van der Waals surface area (Å²) in [6.07, 6.45) is 2.27. The van der Waals surface area contributed by atoms with Gasteiger partial charge in [-0.3, -0.25) is 10.1 Å². The van der Waals surface area contributed by atoms with E-state index in [1.807, 2.05) is 26.0 Å². The summed E-state index contributed by atoms with van der Waals surface area (Å²) in [4.78, 5) is 24.7. The van der Waals surface area contributed by atoms with Crippen LogP contribution >= 0.6 is 0 Å². The van der Waals surface area contributed by atoms with E-state index in [-0.39, 0.29) is 23.9 Å². The zero-order chi connectivity index (χ0) is 12.4. The third-order valence-electron chi connectivity index (χ3n) is 3.02. The van der Waals surface area contributed by atoms with Crippen LogP contribution in [0.4, 0.5) is 4.79 Å². The van der Waals surface area contributed by atoms with Crippen LogP contribution in [0.2, 0.25) is 0 Å². The smallest absolute Gasteiger partial charge is 0.324 e. The van der Waals surface area contributed by atoms with Gasteiger partial charge in [-0.2, -0.15) is 0 Å². The molecule has 2 rings (SSSR count). The molecule has 0 bridgehead atoms. The van der Waals surface area contributed by atoms with E-state index in [0.717, 1.165) is 5.76 Å². The summed E-state index contributed by atoms with van der Waals surface area (Å²) >= 11 is 0. The average Bonchev–Trinajstić information content (AvgIpc) is 2.76. The highest BCUT2D eigenvalue weighted by Gasteiger charge is 2.32. The number of amides is 3. The maximum atomic E-state index is 11.7. The van der Waals surface area contributed by atoms with Crippen molar-refractivity contribution in [1.29, 1.82) is 0 Å². The summed E-state index contributed by atoms with van der Waals surface area (Å²) in [7, 11) is 0. The van der Waals surface area contributed by atoms with E-state index in [1.165, 1.54) is 0 Å². The molecule has 0 aliphatic carbocycles. The maximum Gasteiger partial charge on any atom is 0.324 e. The predicted molar refractivity (Wildman–Crippen MR) is 61.3 cm³/mol. The molecule has 5 nitrogen and oxygen atoms in total. The van der Waals surface area contributed by atoms with Gasteiger partial charge in [0.2, 0.25) is 5.91 Å². The molecule has 1 aromatic heterocycles. The van der Waals surface area contributed by atoms with Gasteiger partial charge in [0.05, 0.1) is 12.2 Å². The molecule has 1 N–H and O–H groups in total. The second-order valence-corrected chi connectivity index (χ2v) is 4.48. The Labute approximate surface area is 99.8 Å². The number of furan rings is 1. The van der Waals surface area contributed by atoms with Crippen LogP contribution in [0.15, 0.2) is 22.8 Å². The van der Waals surface area contributed by atoms with E-state index in [1.54, 1.807) is 11.2 Å². The molecule has 1 aliphatic heterocycles. The topological polar surface area (TPSA) is 62.6 Å². The summed E-state index contributed by atoms with van der Waals surface area (Å²) < 4.78 is 5.25. The van der Waals surface area contributed by atoms with Crippen LogP contribution in [0, 0.1) is 5.92 Å². The zero-order valence-corrected chi connectivity index (χ0v) is 9.97. The van der Waals surface area contributed by atoms with Crippen LogP contribution < -0.4 is 5.32 Å². The minimum absolute atomic E-state index is 0.0108. The molecule has 17 heavy (non-hydrogen) atoms. The molecule has 0 radical (unpaired) electrons. The first-order valence-corrected chi connectivity index (χ1v) is 5.71. The Morgan fingerprint density at radius 3 is 3.00 bits per heavy atom. The van der Waals surface area contributed by atoms with Gasteiger partial charge in [-0.05, 0) is 19.1 Å². The van der Waals surface area contributed by atoms with Gasteiger partial charge in [0.15, 0.2) is 0 Å². The number of carbonyl (C=O) groups is 2. The van der Waals surface area contributed by atoms with Crippen molar-refractivity contribution in [3.63, 3.8) is 0 Å². The van der Waals surface area contributed by atoms with E-state index in [0.29, 0.717) is 13.0 Å². The summed E-state index contributed by atoms with van der Waals surface area (Å²) in [5, 5.41) is 2.36. The Kier molecular flexibility index (Phi) is 3.17. The van der Waals surface area contributed by atoms with E-state index >= 15 is 0 Å². The molecule has 0 aromatic carbocycles. The van der Waals surface area contributed by atoms with Crippen LogP contribution in [-0.2, 0) is 11.2 Å². The van der Waals surface area contributed by atoms with Crippen molar-refractivity contribution in [2.24, 2.45) is 5.92 Å². The van der Waals surface area contributed by atoms with Crippen molar-refractivity contribution in [1.82, 2.24) is 10.2 Å². The zero-order valence-electron chi connectivity index (χ0n) is 9.97. The number of hydrogen-bond donors (Lipinski definition) is 1. The molecule has 1 aromatic rings. The van der Waals surface area contributed by atoms with Gasteiger partial charge in [-0.15, -0.1) is 0 Å². The van der Waals surface area contributed by atoms with Crippen LogP contribution in [0.5, 0.6) is 0 Å². The van der Waals surface area contributed by atoms with Crippen LogP contribution in [0.3, 0.4) is 0 Å². The molecule has 1 aliphatic rings. The molecule has 2 atom stereocenters. The molecule has 3 amide bonds. The minimum Gasteiger partial charge on any atom is -0.469 e. The van der Waals surface area contributed by atoms with E-state index in [9.17, 15) is 9.59 Å². The van der Waals surface area contributed by atoms with Gasteiger partial charge in [-0.1, -0.05) is 6.92 Å². The molecular weight excluding hydrogens is 220 g/mol. The number of imide groups is 1. The molecule has 1 saturated heterocycles. The third-order valence-corrected chi connectivity index (χ3v) is 3.02. The van der Waals surface area contributed by atoms with Crippen molar-refractivity contribution < 1.29 is 14.0 Å². The third kappa shape index (κ3) is 2.49. The Morgan fingerprint density at radius 1 is 1.59 bits per heavy atom. The fraction of sp³-hybridized carbons (Fsp3) is 0.500. The number of rotatable bonds is 3. The van der Waals surface area contributed by atoms with Gasteiger partial charge in [0.25, 0.3) is 0 Å². The van der Waals surface area contributed by atoms with E-state index in [4.69, 9.17) is 4.42 Å². The molecule has 2 unspecified atom stereocenters. The Balaban J connectivity index is 2.01. The highest BCUT2D eigenvalue weighted by atomic mass is 16.3. The van der Waals surface area contributed by atoms with Crippen LogP contribution in [0.25, 0.3) is 0 Å². The maximum absolute atomic E-state index is 11.7. The highest BCUT2D eigenvalue weighted by Crippen LogP contribution is 2.15. The van der Waals surface area contributed by atoms with Crippen molar-refractivity contribution in [3.05, 3.63) is 24.2 Å². The molecule has 0 saturated carbocycles. The number of nitrogens with one attached hydrogen (secondary N) is 1. The first kappa shape index (κ1) is 11.7. The monoisotopic (exact) mass is 236 g/mol. The Morgan fingerprint density at radius 2 is 2.35 bits per heavy atom. The Bertz CT molecular complexity index is 413. The average molecular weight is 236 g/mol.